The Balaban J connectivity index is 1.63. The lowest BCUT2D eigenvalue weighted by Gasteiger charge is -2.10. The molecule has 2 heterocycles. The highest BCUT2D eigenvalue weighted by molar-refractivity contribution is 6.34. The number of furan rings is 1. The van der Waals surface area contributed by atoms with Crippen LogP contribution >= 0.6 is 11.6 Å². The fourth-order valence-corrected chi connectivity index (χ4v) is 2.60. The van der Waals surface area contributed by atoms with E-state index in [1.54, 1.807) is 24.5 Å². The van der Waals surface area contributed by atoms with Crippen molar-refractivity contribution < 1.29 is 18.7 Å². The molecule has 0 fully saturated rings. The molecule has 3 rings (SSSR count). The Morgan fingerprint density at radius 2 is 2.07 bits per heavy atom. The molecule has 0 spiro atoms. The normalized spacial score (nSPS) is 10.6. The predicted octanol–water partition coefficient (Wildman–Crippen LogP) is 4.70. The number of pyridine rings is 1. The Morgan fingerprint density at radius 1 is 1.19 bits per heavy atom. The summed E-state index contributed by atoms with van der Waals surface area (Å²) in [5.74, 6) is 0.705. The van der Waals surface area contributed by atoms with E-state index < -0.39 is 5.91 Å². The van der Waals surface area contributed by atoms with Gasteiger partial charge in [0, 0.05) is 11.8 Å². The van der Waals surface area contributed by atoms with Crippen LogP contribution < -0.4 is 10.1 Å². The van der Waals surface area contributed by atoms with Gasteiger partial charge in [-0.1, -0.05) is 23.7 Å². The highest BCUT2D eigenvalue weighted by Crippen LogP contribution is 2.20. The van der Waals surface area contributed by atoms with Gasteiger partial charge in [-0.05, 0) is 42.8 Å². The lowest BCUT2D eigenvalue weighted by molar-refractivity contribution is 0.0929. The number of ether oxygens (including phenoxy) is 2. The maximum absolute atomic E-state index is 12.5. The lowest BCUT2D eigenvalue weighted by atomic mass is 10.2. The van der Waals surface area contributed by atoms with Crippen LogP contribution in [0.3, 0.4) is 0 Å². The van der Waals surface area contributed by atoms with E-state index in [2.05, 4.69) is 10.3 Å². The van der Waals surface area contributed by atoms with Gasteiger partial charge in [-0.15, -0.1) is 0 Å². The summed E-state index contributed by atoms with van der Waals surface area (Å²) in [5, 5.41) is 3.06. The average Bonchev–Trinajstić information content (AvgIpc) is 3.17. The summed E-state index contributed by atoms with van der Waals surface area (Å²) in [4.78, 5) is 16.7. The van der Waals surface area contributed by atoms with Crippen molar-refractivity contribution >= 4 is 23.2 Å². The molecular weight excluding hydrogens is 368 g/mol. The fraction of sp³-hybridized carbons (Fsp3) is 0.200. The van der Waals surface area contributed by atoms with E-state index in [9.17, 15) is 4.79 Å². The van der Waals surface area contributed by atoms with Gasteiger partial charge >= 0.3 is 0 Å². The fourth-order valence-electron chi connectivity index (χ4n) is 2.41. The van der Waals surface area contributed by atoms with Crippen molar-refractivity contribution in [2.24, 2.45) is 0 Å². The number of benzene rings is 1. The van der Waals surface area contributed by atoms with Gasteiger partial charge in [0.15, 0.2) is 5.69 Å². The summed E-state index contributed by atoms with van der Waals surface area (Å²) in [6.45, 7) is 3.07. The first kappa shape index (κ1) is 18.9. The van der Waals surface area contributed by atoms with Gasteiger partial charge in [-0.2, -0.15) is 0 Å². The highest BCUT2D eigenvalue weighted by Gasteiger charge is 2.14. The number of carbonyl (C=O) groups is 1. The molecule has 6 nitrogen and oxygen atoms in total. The molecule has 0 atom stereocenters. The van der Waals surface area contributed by atoms with Gasteiger partial charge in [-0.25, -0.2) is 4.98 Å². The number of aromatic nitrogens is 1. The Hall–Kier alpha value is -2.83. The van der Waals surface area contributed by atoms with Crippen LogP contribution in [-0.4, -0.2) is 17.5 Å². The molecule has 3 aromatic rings. The van der Waals surface area contributed by atoms with Gasteiger partial charge in [0.25, 0.3) is 5.91 Å². The Kier molecular flexibility index (Phi) is 6.46. The molecule has 0 saturated heterocycles. The van der Waals surface area contributed by atoms with Crippen molar-refractivity contribution in [3.05, 3.63) is 76.8 Å². The van der Waals surface area contributed by atoms with Crippen LogP contribution in [-0.2, 0) is 18.0 Å². The molecule has 1 amide bonds. The SMILES string of the molecule is CCOc1ccc(Cl)c(C(=O)Nc2cccc(COCc3ccco3)c2)n1. The maximum Gasteiger partial charge on any atom is 0.275 e. The molecule has 0 radical (unpaired) electrons. The molecule has 0 aliphatic rings. The summed E-state index contributed by atoms with van der Waals surface area (Å²) < 4.78 is 16.2. The molecule has 0 bridgehead atoms. The van der Waals surface area contributed by atoms with E-state index >= 15 is 0 Å². The standard InChI is InChI=1S/C20H19ClN2O4/c1-2-26-18-9-8-17(21)19(23-18)20(24)22-15-6-3-5-14(11-15)12-25-13-16-7-4-10-27-16/h3-11H,2,12-13H2,1H3,(H,22,24). The minimum absolute atomic E-state index is 0.113. The number of hydrogen-bond acceptors (Lipinski definition) is 5. The van der Waals surface area contributed by atoms with E-state index in [0.717, 1.165) is 11.3 Å². The number of nitrogens with zero attached hydrogens (tertiary/aromatic N) is 1. The van der Waals surface area contributed by atoms with Crippen LogP contribution in [0.2, 0.25) is 5.02 Å². The molecule has 2 aromatic heterocycles. The van der Waals surface area contributed by atoms with E-state index in [4.69, 9.17) is 25.5 Å². The van der Waals surface area contributed by atoms with Crippen LogP contribution in [0, 0.1) is 0 Å². The Bertz CT molecular complexity index is 897. The third kappa shape index (κ3) is 5.32. The van der Waals surface area contributed by atoms with E-state index in [1.807, 2.05) is 37.3 Å². The van der Waals surface area contributed by atoms with Crippen molar-refractivity contribution in [3.8, 4) is 5.88 Å². The number of nitrogens with one attached hydrogen (secondary N) is 1. The molecule has 0 aliphatic heterocycles. The van der Waals surface area contributed by atoms with Crippen LogP contribution in [0.15, 0.2) is 59.2 Å². The first-order valence-corrected chi connectivity index (χ1v) is 8.83. The largest absolute Gasteiger partial charge is 0.478 e. The smallest absolute Gasteiger partial charge is 0.275 e. The molecule has 1 N–H and O–H groups in total. The first-order valence-electron chi connectivity index (χ1n) is 8.45. The molecule has 0 aliphatic carbocycles. The third-order valence-corrected chi connectivity index (χ3v) is 3.91. The van der Waals surface area contributed by atoms with Crippen LogP contribution in [0.5, 0.6) is 5.88 Å². The second kappa shape index (κ2) is 9.21. The van der Waals surface area contributed by atoms with Crippen LogP contribution in [0.1, 0.15) is 28.7 Å². The van der Waals surface area contributed by atoms with Gasteiger partial charge < -0.3 is 19.2 Å². The Morgan fingerprint density at radius 3 is 2.85 bits per heavy atom. The zero-order valence-corrected chi connectivity index (χ0v) is 15.5. The van der Waals surface area contributed by atoms with Crippen molar-refractivity contribution in [1.82, 2.24) is 4.98 Å². The minimum Gasteiger partial charge on any atom is -0.478 e. The number of halogens is 1. The Labute approximate surface area is 162 Å². The number of carbonyl (C=O) groups excluding carboxylic acids is 1. The van der Waals surface area contributed by atoms with E-state index in [1.165, 1.54) is 0 Å². The van der Waals surface area contributed by atoms with Crippen LogP contribution in [0.25, 0.3) is 0 Å². The number of amides is 1. The maximum atomic E-state index is 12.5. The van der Waals surface area contributed by atoms with Crippen LogP contribution in [0.4, 0.5) is 5.69 Å². The van der Waals surface area contributed by atoms with Crippen molar-refractivity contribution in [2.75, 3.05) is 11.9 Å². The molecular formula is C20H19ClN2O4. The minimum atomic E-state index is -0.407. The summed E-state index contributed by atoms with van der Waals surface area (Å²) in [7, 11) is 0. The first-order chi connectivity index (χ1) is 13.2. The van der Waals surface area contributed by atoms with Gasteiger partial charge in [0.1, 0.15) is 12.4 Å². The second-order valence-corrected chi connectivity index (χ2v) is 6.05. The summed E-state index contributed by atoms with van der Waals surface area (Å²) in [5.41, 5.74) is 1.65. The van der Waals surface area contributed by atoms with Crippen molar-refractivity contribution in [1.29, 1.82) is 0 Å². The quantitative estimate of drug-likeness (QED) is 0.607. The van der Waals surface area contributed by atoms with E-state index in [-0.39, 0.29) is 10.7 Å². The lowest BCUT2D eigenvalue weighted by Crippen LogP contribution is -2.15. The number of hydrogen-bond donors (Lipinski definition) is 1. The molecule has 140 valence electrons. The topological polar surface area (TPSA) is 73.6 Å². The monoisotopic (exact) mass is 386 g/mol. The van der Waals surface area contributed by atoms with Crippen molar-refractivity contribution in [2.45, 2.75) is 20.1 Å². The molecule has 27 heavy (non-hydrogen) atoms. The van der Waals surface area contributed by atoms with Gasteiger partial charge in [0.2, 0.25) is 5.88 Å². The summed E-state index contributed by atoms with van der Waals surface area (Å²) in [6.07, 6.45) is 1.61. The zero-order chi connectivity index (χ0) is 19.1. The third-order valence-electron chi connectivity index (χ3n) is 3.61. The summed E-state index contributed by atoms with van der Waals surface area (Å²) >= 11 is 6.10. The molecule has 0 unspecified atom stereocenters. The molecule has 0 saturated carbocycles. The van der Waals surface area contributed by atoms with Crippen molar-refractivity contribution in [3.63, 3.8) is 0 Å². The van der Waals surface area contributed by atoms with Gasteiger partial charge in [0.05, 0.1) is 24.5 Å². The second-order valence-electron chi connectivity index (χ2n) is 5.64. The van der Waals surface area contributed by atoms with Gasteiger partial charge in [-0.3, -0.25) is 4.79 Å². The zero-order valence-electron chi connectivity index (χ0n) is 14.8. The predicted molar refractivity (Wildman–Crippen MR) is 102 cm³/mol. The summed E-state index contributed by atoms with van der Waals surface area (Å²) in [6, 6.07) is 14.3. The molecule has 7 heteroatoms. The molecule has 1 aromatic carbocycles. The van der Waals surface area contributed by atoms with E-state index in [0.29, 0.717) is 31.4 Å². The average molecular weight is 387 g/mol. The highest BCUT2D eigenvalue weighted by atomic mass is 35.5. The number of rotatable bonds is 8. The number of anilines is 1.